The van der Waals surface area contributed by atoms with Crippen molar-refractivity contribution in [1.29, 1.82) is 0 Å². The number of halogens is 2. The summed E-state index contributed by atoms with van der Waals surface area (Å²) in [4.78, 5) is 24.3. The van der Waals surface area contributed by atoms with Crippen LogP contribution in [0.1, 0.15) is 10.4 Å². The first kappa shape index (κ1) is 20.2. The molecular weight excluding hydrogens is 413 g/mol. The molecule has 3 rings (SSSR count). The van der Waals surface area contributed by atoms with E-state index < -0.39 is 26.7 Å². The minimum Gasteiger partial charge on any atom is -0.336 e. The van der Waals surface area contributed by atoms with Gasteiger partial charge in [-0.1, -0.05) is 11.6 Å². The molecule has 0 bridgehead atoms. The number of rotatable bonds is 4. The van der Waals surface area contributed by atoms with Crippen LogP contribution in [0.5, 0.6) is 0 Å². The van der Waals surface area contributed by atoms with E-state index in [1.807, 2.05) is 0 Å². The Kier molecular flexibility index (Phi) is 5.64. The lowest BCUT2D eigenvalue weighted by Crippen LogP contribution is -2.50. The summed E-state index contributed by atoms with van der Waals surface area (Å²) in [5.74, 6) is -0.981. The Hall–Kier alpha value is -2.56. The molecule has 11 heteroatoms. The average molecular weight is 428 g/mol. The van der Waals surface area contributed by atoms with Gasteiger partial charge in [-0.15, -0.1) is 0 Å². The molecule has 28 heavy (non-hydrogen) atoms. The highest BCUT2D eigenvalue weighted by atomic mass is 35.5. The zero-order valence-corrected chi connectivity index (χ0v) is 16.0. The van der Waals surface area contributed by atoms with Gasteiger partial charge in [0.15, 0.2) is 0 Å². The van der Waals surface area contributed by atoms with Crippen molar-refractivity contribution in [2.75, 3.05) is 26.2 Å². The van der Waals surface area contributed by atoms with Gasteiger partial charge < -0.3 is 4.90 Å². The van der Waals surface area contributed by atoms with E-state index in [1.165, 1.54) is 33.5 Å². The number of amides is 1. The van der Waals surface area contributed by atoms with Gasteiger partial charge in [-0.05, 0) is 36.4 Å². The molecule has 148 valence electrons. The largest absolute Gasteiger partial charge is 0.336 e. The second-order valence-corrected chi connectivity index (χ2v) is 8.42. The fourth-order valence-electron chi connectivity index (χ4n) is 2.86. The Bertz CT molecular complexity index is 1020. The minimum atomic E-state index is -3.79. The fraction of sp³-hybridized carbons (Fsp3) is 0.235. The number of hydrogen-bond donors (Lipinski definition) is 0. The molecule has 0 radical (unpaired) electrons. The summed E-state index contributed by atoms with van der Waals surface area (Å²) in [6.07, 6.45) is 0. The van der Waals surface area contributed by atoms with E-state index in [0.717, 1.165) is 18.2 Å². The third kappa shape index (κ3) is 3.98. The molecule has 1 fully saturated rings. The molecule has 1 saturated heterocycles. The Labute approximate surface area is 165 Å². The van der Waals surface area contributed by atoms with Crippen molar-refractivity contribution >= 4 is 33.2 Å². The van der Waals surface area contributed by atoms with Gasteiger partial charge in [-0.25, -0.2) is 12.8 Å². The van der Waals surface area contributed by atoms with E-state index >= 15 is 0 Å². The third-order valence-corrected chi connectivity index (χ3v) is 6.60. The first-order valence-electron chi connectivity index (χ1n) is 8.19. The monoisotopic (exact) mass is 427 g/mol. The highest BCUT2D eigenvalue weighted by Crippen LogP contribution is 2.26. The lowest BCUT2D eigenvalue weighted by atomic mass is 10.1. The lowest BCUT2D eigenvalue weighted by molar-refractivity contribution is -0.384. The molecule has 0 saturated carbocycles. The van der Waals surface area contributed by atoms with Crippen LogP contribution in [0.25, 0.3) is 0 Å². The molecule has 1 aliphatic heterocycles. The maximum atomic E-state index is 13.0. The van der Waals surface area contributed by atoms with Crippen LogP contribution in [-0.4, -0.2) is 54.6 Å². The molecule has 1 heterocycles. The van der Waals surface area contributed by atoms with Gasteiger partial charge in [0.05, 0.1) is 9.82 Å². The second-order valence-electron chi connectivity index (χ2n) is 6.07. The number of nitro groups is 1. The normalized spacial score (nSPS) is 15.4. The quantitative estimate of drug-likeness (QED) is 0.551. The molecule has 0 spiro atoms. The molecule has 1 amide bonds. The number of nitrogens with zero attached hydrogens (tertiary/aromatic N) is 3. The third-order valence-electron chi connectivity index (χ3n) is 4.37. The predicted molar refractivity (Wildman–Crippen MR) is 99.2 cm³/mol. The molecular formula is C17H15ClFN3O5S. The zero-order chi connectivity index (χ0) is 20.5. The standard InChI is InChI=1S/C17H15ClFN3O5S/c18-15-6-1-12(11-16(15)22(24)25)17(23)20-7-9-21(10-8-20)28(26,27)14-4-2-13(19)3-5-14/h1-6,11H,7-10H2. The molecule has 0 unspecified atom stereocenters. The maximum Gasteiger partial charge on any atom is 0.288 e. The highest BCUT2D eigenvalue weighted by molar-refractivity contribution is 7.89. The van der Waals surface area contributed by atoms with Crippen molar-refractivity contribution in [1.82, 2.24) is 9.21 Å². The number of hydrogen-bond acceptors (Lipinski definition) is 5. The summed E-state index contributed by atoms with van der Waals surface area (Å²) >= 11 is 5.76. The van der Waals surface area contributed by atoms with E-state index in [9.17, 15) is 27.7 Å². The van der Waals surface area contributed by atoms with Gasteiger partial charge in [-0.3, -0.25) is 14.9 Å². The van der Waals surface area contributed by atoms with E-state index in [0.29, 0.717) is 0 Å². The van der Waals surface area contributed by atoms with Crippen LogP contribution in [0, 0.1) is 15.9 Å². The predicted octanol–water partition coefficient (Wildman–Crippen LogP) is 2.53. The van der Waals surface area contributed by atoms with Crippen molar-refractivity contribution < 1.29 is 22.5 Å². The Morgan fingerprint density at radius 1 is 1.07 bits per heavy atom. The molecule has 0 atom stereocenters. The summed E-state index contributed by atoms with van der Waals surface area (Å²) in [6.45, 7) is 0.355. The van der Waals surface area contributed by atoms with Crippen LogP contribution in [0.3, 0.4) is 0 Å². The zero-order valence-electron chi connectivity index (χ0n) is 14.4. The Balaban J connectivity index is 1.71. The second kappa shape index (κ2) is 7.82. The molecule has 0 N–H and O–H groups in total. The van der Waals surface area contributed by atoms with Crippen LogP contribution < -0.4 is 0 Å². The van der Waals surface area contributed by atoms with Gasteiger partial charge in [0.1, 0.15) is 10.8 Å². The smallest absolute Gasteiger partial charge is 0.288 e. The number of nitro benzene ring substituents is 1. The first-order chi connectivity index (χ1) is 13.2. The minimum absolute atomic E-state index is 0.0259. The lowest BCUT2D eigenvalue weighted by Gasteiger charge is -2.34. The summed E-state index contributed by atoms with van der Waals surface area (Å²) in [6, 6.07) is 8.29. The molecule has 0 aliphatic carbocycles. The number of carbonyl (C=O) groups excluding carboxylic acids is 1. The van der Waals surface area contributed by atoms with Crippen molar-refractivity contribution in [2.24, 2.45) is 0 Å². The summed E-state index contributed by atoms with van der Waals surface area (Å²) in [5, 5.41) is 10.9. The summed E-state index contributed by atoms with van der Waals surface area (Å²) < 4.78 is 39.5. The van der Waals surface area contributed by atoms with Crippen LogP contribution in [0.2, 0.25) is 5.02 Å². The molecule has 0 aromatic heterocycles. The van der Waals surface area contributed by atoms with Crippen molar-refractivity contribution in [2.45, 2.75) is 4.90 Å². The SMILES string of the molecule is O=C(c1ccc(Cl)c([N+](=O)[O-])c1)N1CCN(S(=O)(=O)c2ccc(F)cc2)CC1. The van der Waals surface area contributed by atoms with E-state index in [2.05, 4.69) is 0 Å². The number of carbonyl (C=O) groups is 1. The van der Waals surface area contributed by atoms with Gasteiger partial charge in [0.25, 0.3) is 11.6 Å². The number of benzene rings is 2. The number of piperazine rings is 1. The van der Waals surface area contributed by atoms with Gasteiger partial charge >= 0.3 is 0 Å². The topological polar surface area (TPSA) is 101 Å². The Morgan fingerprint density at radius 3 is 2.25 bits per heavy atom. The number of sulfonamides is 1. The first-order valence-corrected chi connectivity index (χ1v) is 10.0. The van der Waals surface area contributed by atoms with Gasteiger partial charge in [0.2, 0.25) is 10.0 Å². The van der Waals surface area contributed by atoms with E-state index in [4.69, 9.17) is 11.6 Å². The van der Waals surface area contributed by atoms with Crippen LogP contribution >= 0.6 is 11.6 Å². The summed E-state index contributed by atoms with van der Waals surface area (Å²) in [5.41, 5.74) is -0.268. The fourth-order valence-corrected chi connectivity index (χ4v) is 4.46. The van der Waals surface area contributed by atoms with E-state index in [1.54, 1.807) is 0 Å². The van der Waals surface area contributed by atoms with Crippen LogP contribution in [0.4, 0.5) is 10.1 Å². The average Bonchev–Trinajstić information content (AvgIpc) is 2.68. The van der Waals surface area contributed by atoms with Crippen LogP contribution in [0.15, 0.2) is 47.4 Å². The summed E-state index contributed by atoms with van der Waals surface area (Å²) in [7, 11) is -3.79. The van der Waals surface area contributed by atoms with Crippen molar-refractivity contribution in [3.05, 3.63) is 69.0 Å². The van der Waals surface area contributed by atoms with Gasteiger partial charge in [0, 0.05) is 37.8 Å². The Morgan fingerprint density at radius 2 is 1.68 bits per heavy atom. The molecule has 2 aromatic carbocycles. The maximum absolute atomic E-state index is 13.0. The van der Waals surface area contributed by atoms with E-state index in [-0.39, 0.29) is 47.3 Å². The molecule has 2 aromatic rings. The molecule has 8 nitrogen and oxygen atoms in total. The van der Waals surface area contributed by atoms with Crippen LogP contribution in [-0.2, 0) is 10.0 Å². The highest BCUT2D eigenvalue weighted by Gasteiger charge is 2.31. The van der Waals surface area contributed by atoms with Crippen molar-refractivity contribution in [3.8, 4) is 0 Å². The van der Waals surface area contributed by atoms with Crippen molar-refractivity contribution in [3.63, 3.8) is 0 Å². The molecule has 1 aliphatic rings. The van der Waals surface area contributed by atoms with Gasteiger partial charge in [-0.2, -0.15) is 4.31 Å².